The second-order valence-electron chi connectivity index (χ2n) is 4.66. The van der Waals surface area contributed by atoms with Crippen molar-refractivity contribution in [3.05, 3.63) is 51.7 Å². The number of carbonyl (C=O) groups is 1. The molecule has 1 N–H and O–H groups in total. The molecule has 0 bridgehead atoms. The highest BCUT2D eigenvalue weighted by Gasteiger charge is 2.10. The number of carbonyl (C=O) groups excluding carboxylic acids is 1. The van der Waals surface area contributed by atoms with Gasteiger partial charge in [-0.05, 0) is 47.5 Å². The van der Waals surface area contributed by atoms with Gasteiger partial charge in [0.15, 0.2) is 0 Å². The van der Waals surface area contributed by atoms with E-state index in [-0.39, 0.29) is 5.91 Å². The molecule has 2 aromatic rings. The molecule has 1 aromatic carbocycles. The summed E-state index contributed by atoms with van der Waals surface area (Å²) >= 11 is 1.47. The molecule has 0 radical (unpaired) electrons. The molecule has 0 aliphatic heterocycles. The van der Waals surface area contributed by atoms with Crippen LogP contribution in [0, 0.1) is 6.92 Å². The first kappa shape index (κ1) is 12.8. The maximum Gasteiger partial charge on any atom is 0.265 e. The summed E-state index contributed by atoms with van der Waals surface area (Å²) < 4.78 is 0. The quantitative estimate of drug-likeness (QED) is 0.868. The molecule has 2 nitrogen and oxygen atoms in total. The fourth-order valence-electron chi connectivity index (χ4n) is 1.74. The van der Waals surface area contributed by atoms with Crippen molar-refractivity contribution >= 4 is 22.9 Å². The highest BCUT2D eigenvalue weighted by molar-refractivity contribution is 7.12. The van der Waals surface area contributed by atoms with Crippen LogP contribution in [0.2, 0.25) is 0 Å². The van der Waals surface area contributed by atoms with Crippen LogP contribution < -0.4 is 5.32 Å². The van der Waals surface area contributed by atoms with Crippen LogP contribution >= 0.6 is 11.3 Å². The maximum atomic E-state index is 12.0. The van der Waals surface area contributed by atoms with Crippen LogP contribution in [0.5, 0.6) is 0 Å². The summed E-state index contributed by atoms with van der Waals surface area (Å²) in [6.07, 6.45) is 0. The summed E-state index contributed by atoms with van der Waals surface area (Å²) in [6, 6.07) is 9.98. The maximum absolute atomic E-state index is 12.0. The van der Waals surface area contributed by atoms with Gasteiger partial charge in [-0.1, -0.05) is 26.0 Å². The number of benzene rings is 1. The topological polar surface area (TPSA) is 29.1 Å². The van der Waals surface area contributed by atoms with Gasteiger partial charge in [-0.2, -0.15) is 0 Å². The van der Waals surface area contributed by atoms with E-state index in [9.17, 15) is 4.79 Å². The SMILES string of the molecule is Cc1ccsc1C(=O)Nc1ccc(C(C)C)cc1. The third-order valence-electron chi connectivity index (χ3n) is 2.90. The van der Waals surface area contributed by atoms with Crippen LogP contribution in [0.15, 0.2) is 35.7 Å². The van der Waals surface area contributed by atoms with Gasteiger partial charge in [0.05, 0.1) is 4.88 Å². The summed E-state index contributed by atoms with van der Waals surface area (Å²) in [4.78, 5) is 12.8. The Hall–Kier alpha value is -1.61. The summed E-state index contributed by atoms with van der Waals surface area (Å²) in [5.41, 5.74) is 3.15. The molecule has 0 aliphatic carbocycles. The number of aryl methyl sites for hydroxylation is 1. The van der Waals surface area contributed by atoms with Crippen LogP contribution in [0.3, 0.4) is 0 Å². The zero-order chi connectivity index (χ0) is 13.1. The van der Waals surface area contributed by atoms with Gasteiger partial charge in [-0.25, -0.2) is 0 Å². The molecule has 0 spiro atoms. The van der Waals surface area contributed by atoms with Gasteiger partial charge in [0, 0.05) is 5.69 Å². The van der Waals surface area contributed by atoms with Gasteiger partial charge in [0.2, 0.25) is 0 Å². The van der Waals surface area contributed by atoms with E-state index >= 15 is 0 Å². The molecule has 0 atom stereocenters. The molecular weight excluding hydrogens is 242 g/mol. The molecule has 0 fully saturated rings. The zero-order valence-corrected chi connectivity index (χ0v) is 11.7. The van der Waals surface area contributed by atoms with Gasteiger partial charge >= 0.3 is 0 Å². The van der Waals surface area contributed by atoms with E-state index in [1.807, 2.05) is 30.5 Å². The molecular formula is C15H17NOS. The molecule has 1 heterocycles. The van der Waals surface area contributed by atoms with Gasteiger partial charge in [0.25, 0.3) is 5.91 Å². The Balaban J connectivity index is 2.10. The molecule has 2 rings (SSSR count). The van der Waals surface area contributed by atoms with Crippen molar-refractivity contribution in [2.45, 2.75) is 26.7 Å². The van der Waals surface area contributed by atoms with Crippen LogP contribution in [0.4, 0.5) is 5.69 Å². The Morgan fingerprint density at radius 3 is 2.33 bits per heavy atom. The standard InChI is InChI=1S/C15H17NOS/c1-10(2)12-4-6-13(7-5-12)16-15(17)14-11(3)8-9-18-14/h4-10H,1-3H3,(H,16,17). The van der Waals surface area contributed by atoms with Gasteiger partial charge in [-0.15, -0.1) is 11.3 Å². The van der Waals surface area contributed by atoms with Crippen molar-refractivity contribution in [2.75, 3.05) is 5.32 Å². The van der Waals surface area contributed by atoms with E-state index in [4.69, 9.17) is 0 Å². The lowest BCUT2D eigenvalue weighted by Crippen LogP contribution is -2.11. The Morgan fingerprint density at radius 1 is 1.17 bits per heavy atom. The molecule has 18 heavy (non-hydrogen) atoms. The number of amides is 1. The molecule has 0 saturated carbocycles. The highest BCUT2D eigenvalue weighted by Crippen LogP contribution is 2.20. The van der Waals surface area contributed by atoms with Crippen molar-refractivity contribution in [3.8, 4) is 0 Å². The highest BCUT2D eigenvalue weighted by atomic mass is 32.1. The smallest absolute Gasteiger partial charge is 0.265 e. The summed E-state index contributed by atoms with van der Waals surface area (Å²) in [6.45, 7) is 6.26. The van der Waals surface area contributed by atoms with Gasteiger partial charge in [-0.3, -0.25) is 4.79 Å². The minimum Gasteiger partial charge on any atom is -0.321 e. The lowest BCUT2D eigenvalue weighted by atomic mass is 10.0. The molecule has 3 heteroatoms. The molecule has 1 amide bonds. The predicted molar refractivity (Wildman–Crippen MR) is 77.5 cm³/mol. The summed E-state index contributed by atoms with van der Waals surface area (Å²) in [5, 5.41) is 4.86. The minimum absolute atomic E-state index is 0.0280. The van der Waals surface area contributed by atoms with Crippen LogP contribution in [-0.4, -0.2) is 5.91 Å². The van der Waals surface area contributed by atoms with Crippen molar-refractivity contribution < 1.29 is 4.79 Å². The lowest BCUT2D eigenvalue weighted by Gasteiger charge is -2.08. The number of thiophene rings is 1. The second-order valence-corrected chi connectivity index (χ2v) is 5.58. The monoisotopic (exact) mass is 259 g/mol. The van der Waals surface area contributed by atoms with Crippen molar-refractivity contribution in [2.24, 2.45) is 0 Å². The first-order valence-corrected chi connectivity index (χ1v) is 6.91. The Morgan fingerprint density at radius 2 is 1.83 bits per heavy atom. The first-order chi connectivity index (χ1) is 8.58. The Kier molecular flexibility index (Phi) is 3.82. The van der Waals surface area contributed by atoms with Crippen molar-refractivity contribution in [1.29, 1.82) is 0 Å². The van der Waals surface area contributed by atoms with E-state index in [2.05, 4.69) is 31.3 Å². The first-order valence-electron chi connectivity index (χ1n) is 6.03. The zero-order valence-electron chi connectivity index (χ0n) is 10.9. The lowest BCUT2D eigenvalue weighted by molar-refractivity contribution is 0.103. The third-order valence-corrected chi connectivity index (χ3v) is 3.92. The van der Waals surface area contributed by atoms with Gasteiger partial charge in [0.1, 0.15) is 0 Å². The van der Waals surface area contributed by atoms with Crippen LogP contribution in [0.1, 0.15) is 40.6 Å². The molecule has 1 aromatic heterocycles. The average Bonchev–Trinajstić information content (AvgIpc) is 2.76. The number of rotatable bonds is 3. The summed E-state index contributed by atoms with van der Waals surface area (Å²) in [7, 11) is 0. The second kappa shape index (κ2) is 5.36. The molecule has 0 aliphatic rings. The van der Waals surface area contributed by atoms with E-state index in [1.54, 1.807) is 0 Å². The number of anilines is 1. The fraction of sp³-hybridized carbons (Fsp3) is 0.267. The largest absolute Gasteiger partial charge is 0.321 e. The van der Waals surface area contributed by atoms with E-state index < -0.39 is 0 Å². The van der Waals surface area contributed by atoms with Crippen molar-refractivity contribution in [3.63, 3.8) is 0 Å². The Bertz CT molecular complexity index is 540. The molecule has 0 unspecified atom stereocenters. The minimum atomic E-state index is -0.0280. The fourth-order valence-corrected chi connectivity index (χ4v) is 2.56. The predicted octanol–water partition coefficient (Wildman–Crippen LogP) is 4.43. The van der Waals surface area contributed by atoms with E-state index in [0.717, 1.165) is 16.1 Å². The molecule has 94 valence electrons. The van der Waals surface area contributed by atoms with Crippen molar-refractivity contribution in [1.82, 2.24) is 0 Å². The normalized spacial score (nSPS) is 10.7. The summed E-state index contributed by atoms with van der Waals surface area (Å²) in [5.74, 6) is 0.481. The van der Waals surface area contributed by atoms with Crippen LogP contribution in [0.25, 0.3) is 0 Å². The van der Waals surface area contributed by atoms with Gasteiger partial charge < -0.3 is 5.32 Å². The average molecular weight is 259 g/mol. The number of nitrogens with one attached hydrogen (secondary N) is 1. The number of hydrogen-bond donors (Lipinski definition) is 1. The molecule has 0 saturated heterocycles. The van der Waals surface area contributed by atoms with Crippen LogP contribution in [-0.2, 0) is 0 Å². The third kappa shape index (κ3) is 2.79. The van der Waals surface area contributed by atoms with E-state index in [0.29, 0.717) is 5.92 Å². The Labute approximate surface area is 112 Å². The number of hydrogen-bond acceptors (Lipinski definition) is 2. The van der Waals surface area contributed by atoms with E-state index in [1.165, 1.54) is 16.9 Å².